The Hall–Kier alpha value is -4.48. The van der Waals surface area contributed by atoms with Gasteiger partial charge in [-0.05, 0) is 60.3 Å². The summed E-state index contributed by atoms with van der Waals surface area (Å²) in [6.45, 7) is -0.212. The van der Waals surface area contributed by atoms with Crippen LogP contribution in [0.4, 0.5) is 5.69 Å². The largest absolute Gasteiger partial charge is 0.495 e. The second-order valence-corrected chi connectivity index (χ2v) is 9.74. The van der Waals surface area contributed by atoms with E-state index in [1.807, 2.05) is 0 Å². The smallest absolute Gasteiger partial charge is 0.285 e. The summed E-state index contributed by atoms with van der Waals surface area (Å²) >= 11 is 6.32. The Labute approximate surface area is 227 Å². The summed E-state index contributed by atoms with van der Waals surface area (Å²) < 4.78 is 10.9. The van der Waals surface area contributed by atoms with E-state index >= 15 is 0 Å². The molecule has 2 aliphatic heterocycles. The molecule has 0 aromatic heterocycles. The molecular formula is C27H19N3O6S2. The predicted octanol–water partition coefficient (Wildman–Crippen LogP) is 4.13. The molecule has 0 aliphatic carbocycles. The molecule has 190 valence electrons. The van der Waals surface area contributed by atoms with Crippen LogP contribution in [0.15, 0.2) is 77.7 Å². The number of methoxy groups -OCH3 is 1. The third-order valence-corrected chi connectivity index (χ3v) is 6.96. The third kappa shape index (κ3) is 4.76. The van der Waals surface area contributed by atoms with Crippen molar-refractivity contribution < 1.29 is 28.7 Å². The van der Waals surface area contributed by atoms with E-state index in [2.05, 4.69) is 5.32 Å². The van der Waals surface area contributed by atoms with Gasteiger partial charge < -0.3 is 14.8 Å². The first-order chi connectivity index (χ1) is 18.4. The fourth-order valence-corrected chi connectivity index (χ4v) is 5.13. The normalized spacial score (nSPS) is 15.8. The molecule has 11 heteroatoms. The topological polar surface area (TPSA) is 105 Å². The molecule has 3 aromatic rings. The number of imide groups is 1. The Morgan fingerprint density at radius 1 is 0.895 bits per heavy atom. The summed E-state index contributed by atoms with van der Waals surface area (Å²) in [7, 11) is 1.52. The second kappa shape index (κ2) is 10.5. The number of hydrazine groups is 1. The molecule has 38 heavy (non-hydrogen) atoms. The Kier molecular flexibility index (Phi) is 6.95. The third-order valence-electron chi connectivity index (χ3n) is 5.67. The number of nitrogens with one attached hydrogen (secondary N) is 1. The quantitative estimate of drug-likeness (QED) is 0.269. The fourth-order valence-electron chi connectivity index (χ4n) is 3.88. The molecule has 3 aromatic carbocycles. The van der Waals surface area contributed by atoms with Crippen molar-refractivity contribution in [2.45, 2.75) is 0 Å². The summed E-state index contributed by atoms with van der Waals surface area (Å²) in [5.41, 5.74) is 1.65. The van der Waals surface area contributed by atoms with E-state index in [1.54, 1.807) is 66.7 Å². The number of rotatable bonds is 7. The molecule has 0 bridgehead atoms. The number of carbonyl (C=O) groups excluding carboxylic acids is 4. The zero-order valence-corrected chi connectivity index (χ0v) is 21.5. The molecule has 2 aliphatic rings. The minimum absolute atomic E-state index is 0.0803. The lowest BCUT2D eigenvalue weighted by atomic mass is 10.1. The standard InChI is InChI=1S/C27H19N3O6S2/c1-35-21-9-5-4-8-20(21)28-23(31)15-36-17-12-10-16(11-13-17)14-22-26(34)30(27(37)38-22)29-24(32)18-6-2-3-7-19(18)25(29)33/h2-14H,15H2,1H3,(H,28,31)/b22-14+. The van der Waals surface area contributed by atoms with E-state index in [-0.39, 0.29) is 32.9 Å². The molecule has 0 spiro atoms. The van der Waals surface area contributed by atoms with Crippen molar-refractivity contribution in [1.82, 2.24) is 10.0 Å². The predicted molar refractivity (Wildman–Crippen MR) is 146 cm³/mol. The molecular weight excluding hydrogens is 526 g/mol. The first-order valence-electron chi connectivity index (χ1n) is 11.3. The van der Waals surface area contributed by atoms with E-state index in [0.717, 1.165) is 21.8 Å². The zero-order chi connectivity index (χ0) is 26.8. The number of hydrogen-bond acceptors (Lipinski definition) is 8. The summed E-state index contributed by atoms with van der Waals surface area (Å²) in [5, 5.41) is 4.46. The molecule has 0 radical (unpaired) electrons. The Morgan fingerprint density at radius 3 is 2.18 bits per heavy atom. The molecule has 0 unspecified atom stereocenters. The maximum absolute atomic E-state index is 13.1. The number of amides is 4. The van der Waals surface area contributed by atoms with Gasteiger partial charge in [0.2, 0.25) is 0 Å². The van der Waals surface area contributed by atoms with Crippen LogP contribution in [0, 0.1) is 0 Å². The van der Waals surface area contributed by atoms with E-state index < -0.39 is 17.7 Å². The SMILES string of the molecule is COc1ccccc1NC(=O)COc1ccc(/C=C2/SC(=S)N(N3C(=O)c4ccccc4C3=O)C2=O)cc1. The molecule has 1 N–H and O–H groups in total. The van der Waals surface area contributed by atoms with Crippen LogP contribution in [0.1, 0.15) is 26.3 Å². The second-order valence-electron chi connectivity index (χ2n) is 8.07. The van der Waals surface area contributed by atoms with Gasteiger partial charge in [0.15, 0.2) is 10.9 Å². The van der Waals surface area contributed by atoms with Crippen LogP contribution < -0.4 is 14.8 Å². The molecule has 1 fully saturated rings. The highest BCUT2D eigenvalue weighted by Crippen LogP contribution is 2.37. The van der Waals surface area contributed by atoms with Gasteiger partial charge in [-0.3, -0.25) is 19.2 Å². The summed E-state index contributed by atoms with van der Waals surface area (Å²) in [5.74, 6) is -1.12. The fraction of sp³-hybridized carbons (Fsp3) is 0.0741. The highest BCUT2D eigenvalue weighted by atomic mass is 32.2. The minimum atomic E-state index is -0.598. The van der Waals surface area contributed by atoms with E-state index in [1.165, 1.54) is 19.2 Å². The van der Waals surface area contributed by atoms with Gasteiger partial charge in [0.05, 0.1) is 28.8 Å². The van der Waals surface area contributed by atoms with Gasteiger partial charge in [-0.2, -0.15) is 10.0 Å². The number of thioether (sulfide) groups is 1. The average molecular weight is 546 g/mol. The lowest BCUT2D eigenvalue weighted by Crippen LogP contribution is -2.48. The van der Waals surface area contributed by atoms with Crippen LogP contribution in [-0.2, 0) is 9.59 Å². The molecule has 9 nitrogen and oxygen atoms in total. The lowest BCUT2D eigenvalue weighted by Gasteiger charge is -2.23. The zero-order valence-electron chi connectivity index (χ0n) is 19.9. The monoisotopic (exact) mass is 545 g/mol. The van der Waals surface area contributed by atoms with Gasteiger partial charge in [-0.15, -0.1) is 0 Å². The number of hydrogen-bond donors (Lipinski definition) is 1. The number of fused-ring (bicyclic) bond motifs is 1. The van der Waals surface area contributed by atoms with Crippen LogP contribution in [0.3, 0.4) is 0 Å². The van der Waals surface area contributed by atoms with Crippen LogP contribution >= 0.6 is 24.0 Å². The Bertz CT molecular complexity index is 1480. The summed E-state index contributed by atoms with van der Waals surface area (Å²) in [4.78, 5) is 51.3. The van der Waals surface area contributed by atoms with Crippen molar-refractivity contribution in [2.24, 2.45) is 0 Å². The van der Waals surface area contributed by atoms with Crippen molar-refractivity contribution in [3.8, 4) is 11.5 Å². The highest BCUT2D eigenvalue weighted by Gasteiger charge is 2.46. The first kappa shape index (κ1) is 25.2. The van der Waals surface area contributed by atoms with Crippen LogP contribution in [0.5, 0.6) is 11.5 Å². The molecule has 0 saturated carbocycles. The molecule has 4 amide bonds. The summed E-state index contributed by atoms with van der Waals surface area (Å²) in [6.07, 6.45) is 1.61. The van der Waals surface area contributed by atoms with Crippen molar-refractivity contribution >= 4 is 63.7 Å². The van der Waals surface area contributed by atoms with Crippen molar-refractivity contribution in [1.29, 1.82) is 0 Å². The maximum atomic E-state index is 13.1. The van der Waals surface area contributed by atoms with Gasteiger partial charge in [0, 0.05) is 0 Å². The molecule has 1 saturated heterocycles. The summed E-state index contributed by atoms with van der Waals surface area (Å²) in [6, 6.07) is 20.2. The number of anilines is 1. The van der Waals surface area contributed by atoms with Crippen molar-refractivity contribution in [3.63, 3.8) is 0 Å². The number of nitrogens with zero attached hydrogens (tertiary/aromatic N) is 2. The average Bonchev–Trinajstić information content (AvgIpc) is 3.34. The number of para-hydroxylation sites is 2. The van der Waals surface area contributed by atoms with E-state index in [4.69, 9.17) is 21.7 Å². The van der Waals surface area contributed by atoms with Crippen LogP contribution in [-0.4, -0.2) is 51.7 Å². The number of thiocarbonyl (C=S) groups is 1. The van der Waals surface area contributed by atoms with Crippen molar-refractivity contribution in [3.05, 3.63) is 94.4 Å². The Morgan fingerprint density at radius 2 is 1.53 bits per heavy atom. The van der Waals surface area contributed by atoms with Gasteiger partial charge in [0.25, 0.3) is 23.6 Å². The number of carbonyl (C=O) groups is 4. The van der Waals surface area contributed by atoms with Gasteiger partial charge in [-0.25, -0.2) is 0 Å². The molecule has 0 atom stereocenters. The Balaban J connectivity index is 1.23. The van der Waals surface area contributed by atoms with E-state index in [9.17, 15) is 19.2 Å². The highest BCUT2D eigenvalue weighted by molar-refractivity contribution is 8.26. The first-order valence-corrected chi connectivity index (χ1v) is 12.5. The van der Waals surface area contributed by atoms with Gasteiger partial charge in [-0.1, -0.05) is 48.2 Å². The van der Waals surface area contributed by atoms with Crippen LogP contribution in [0.25, 0.3) is 6.08 Å². The lowest BCUT2D eigenvalue weighted by molar-refractivity contribution is -0.128. The maximum Gasteiger partial charge on any atom is 0.285 e. The number of ether oxygens (including phenoxy) is 2. The number of benzene rings is 3. The molecule has 5 rings (SSSR count). The van der Waals surface area contributed by atoms with Gasteiger partial charge in [0.1, 0.15) is 11.5 Å². The van der Waals surface area contributed by atoms with E-state index in [0.29, 0.717) is 22.7 Å². The van der Waals surface area contributed by atoms with Crippen molar-refractivity contribution in [2.75, 3.05) is 19.0 Å². The minimum Gasteiger partial charge on any atom is -0.495 e. The molecule has 2 heterocycles. The van der Waals surface area contributed by atoms with Gasteiger partial charge >= 0.3 is 0 Å². The van der Waals surface area contributed by atoms with Crippen LogP contribution in [0.2, 0.25) is 0 Å².